The SMILES string of the molecule is O=C([O-])C1Cn2c(cc3c(Br)cc(F)cc32)C1=O. The summed E-state index contributed by atoms with van der Waals surface area (Å²) in [6, 6.07) is 4.16. The molecule has 0 spiro atoms. The number of nitrogens with zero attached hydrogens (tertiary/aromatic N) is 1. The van der Waals surface area contributed by atoms with Crippen LogP contribution in [0, 0.1) is 11.7 Å². The van der Waals surface area contributed by atoms with Gasteiger partial charge in [0.2, 0.25) is 0 Å². The van der Waals surface area contributed by atoms with Crippen molar-refractivity contribution in [2.45, 2.75) is 6.54 Å². The fourth-order valence-electron chi connectivity index (χ4n) is 2.31. The van der Waals surface area contributed by atoms with Crippen molar-refractivity contribution in [3.63, 3.8) is 0 Å². The van der Waals surface area contributed by atoms with Crippen molar-refractivity contribution in [2.75, 3.05) is 0 Å². The number of aliphatic carboxylic acids is 1. The third-order valence-electron chi connectivity index (χ3n) is 3.15. The van der Waals surface area contributed by atoms with E-state index in [1.54, 1.807) is 6.07 Å². The van der Waals surface area contributed by atoms with Gasteiger partial charge in [0.25, 0.3) is 0 Å². The highest BCUT2D eigenvalue weighted by molar-refractivity contribution is 9.10. The van der Waals surface area contributed by atoms with Crippen molar-refractivity contribution in [1.82, 2.24) is 4.57 Å². The van der Waals surface area contributed by atoms with Crippen LogP contribution < -0.4 is 5.11 Å². The first kappa shape index (κ1) is 11.4. The van der Waals surface area contributed by atoms with Crippen molar-refractivity contribution in [3.05, 3.63) is 34.2 Å². The van der Waals surface area contributed by atoms with E-state index < -0.39 is 23.5 Å². The van der Waals surface area contributed by atoms with Crippen molar-refractivity contribution < 1.29 is 19.1 Å². The first-order chi connectivity index (χ1) is 8.49. The smallest absolute Gasteiger partial charge is 0.189 e. The van der Waals surface area contributed by atoms with Gasteiger partial charge >= 0.3 is 0 Å². The summed E-state index contributed by atoms with van der Waals surface area (Å²) in [7, 11) is 0. The Kier molecular flexibility index (Phi) is 2.31. The third kappa shape index (κ3) is 1.42. The van der Waals surface area contributed by atoms with Crippen LogP contribution in [0.15, 0.2) is 22.7 Å². The first-order valence-electron chi connectivity index (χ1n) is 5.22. The molecular formula is C12H6BrFNO3-. The minimum Gasteiger partial charge on any atom is -0.549 e. The first-order valence-corrected chi connectivity index (χ1v) is 6.01. The average Bonchev–Trinajstić information content (AvgIpc) is 2.77. The summed E-state index contributed by atoms with van der Waals surface area (Å²) in [5.41, 5.74) is 0.791. The molecule has 2 heterocycles. The topological polar surface area (TPSA) is 62.1 Å². The monoisotopic (exact) mass is 310 g/mol. The second-order valence-electron chi connectivity index (χ2n) is 4.20. The van der Waals surface area contributed by atoms with E-state index in [9.17, 15) is 19.1 Å². The highest BCUT2D eigenvalue weighted by Crippen LogP contribution is 2.33. The molecule has 1 aromatic heterocycles. The quantitative estimate of drug-likeness (QED) is 0.741. The van der Waals surface area contributed by atoms with E-state index >= 15 is 0 Å². The van der Waals surface area contributed by atoms with Gasteiger partial charge in [-0.3, -0.25) is 4.79 Å². The Hall–Kier alpha value is -1.69. The lowest BCUT2D eigenvalue weighted by Gasteiger charge is -2.09. The minimum absolute atomic E-state index is 0.00407. The molecule has 92 valence electrons. The number of carboxylic acid groups (broad SMARTS) is 1. The number of carbonyl (C=O) groups is 2. The molecule has 0 fully saturated rings. The van der Waals surface area contributed by atoms with Gasteiger partial charge in [-0.15, -0.1) is 0 Å². The summed E-state index contributed by atoms with van der Waals surface area (Å²) in [5.74, 6) is -3.50. The lowest BCUT2D eigenvalue weighted by Crippen LogP contribution is -2.35. The molecule has 1 atom stereocenters. The minimum atomic E-state index is -1.40. The summed E-state index contributed by atoms with van der Waals surface area (Å²) in [5, 5.41) is 11.5. The van der Waals surface area contributed by atoms with E-state index in [-0.39, 0.29) is 12.2 Å². The van der Waals surface area contributed by atoms with E-state index in [2.05, 4.69) is 15.9 Å². The Morgan fingerprint density at radius 1 is 1.44 bits per heavy atom. The molecule has 0 aliphatic carbocycles. The molecule has 0 saturated heterocycles. The zero-order chi connectivity index (χ0) is 13.0. The average molecular weight is 311 g/mol. The van der Waals surface area contributed by atoms with Gasteiger partial charge in [-0.25, -0.2) is 4.39 Å². The zero-order valence-electron chi connectivity index (χ0n) is 8.94. The maximum atomic E-state index is 13.3. The highest BCUT2D eigenvalue weighted by Gasteiger charge is 2.33. The van der Waals surface area contributed by atoms with Crippen LogP contribution in [0.3, 0.4) is 0 Å². The zero-order valence-corrected chi connectivity index (χ0v) is 10.5. The number of ketones is 1. The van der Waals surface area contributed by atoms with Crippen LogP contribution in [0.1, 0.15) is 10.5 Å². The van der Waals surface area contributed by atoms with Gasteiger partial charge in [0.05, 0.1) is 23.1 Å². The van der Waals surface area contributed by atoms with Gasteiger partial charge in [0.1, 0.15) is 5.82 Å². The number of hydrogen-bond acceptors (Lipinski definition) is 3. The maximum absolute atomic E-state index is 13.3. The molecule has 3 rings (SSSR count). The van der Waals surface area contributed by atoms with Gasteiger partial charge in [-0.05, 0) is 34.1 Å². The Morgan fingerprint density at radius 3 is 2.83 bits per heavy atom. The van der Waals surface area contributed by atoms with Gasteiger partial charge in [0, 0.05) is 16.4 Å². The van der Waals surface area contributed by atoms with Gasteiger partial charge < -0.3 is 14.5 Å². The molecule has 6 heteroatoms. The molecule has 1 aliphatic rings. The van der Waals surface area contributed by atoms with Crippen molar-refractivity contribution in [2.24, 2.45) is 5.92 Å². The summed E-state index contributed by atoms with van der Waals surface area (Å²) in [4.78, 5) is 22.7. The van der Waals surface area contributed by atoms with Crippen LogP contribution in [-0.4, -0.2) is 16.3 Å². The Morgan fingerprint density at radius 2 is 2.17 bits per heavy atom. The number of hydrogen-bond donors (Lipinski definition) is 0. The summed E-state index contributed by atoms with van der Waals surface area (Å²) < 4.78 is 15.4. The van der Waals surface area contributed by atoms with Crippen molar-refractivity contribution >= 4 is 38.6 Å². The number of fused-ring (bicyclic) bond motifs is 3. The fourth-order valence-corrected chi connectivity index (χ4v) is 2.84. The predicted molar refractivity (Wildman–Crippen MR) is 62.4 cm³/mol. The molecule has 1 aliphatic heterocycles. The van der Waals surface area contributed by atoms with Gasteiger partial charge in [0.15, 0.2) is 5.78 Å². The third-order valence-corrected chi connectivity index (χ3v) is 3.81. The molecule has 2 aromatic rings. The van der Waals surface area contributed by atoms with Crippen LogP contribution in [0.4, 0.5) is 4.39 Å². The second kappa shape index (κ2) is 3.65. The van der Waals surface area contributed by atoms with E-state index in [1.165, 1.54) is 16.7 Å². The second-order valence-corrected chi connectivity index (χ2v) is 5.05. The standard InChI is InChI=1S/C12H7BrFNO3/c13-8-1-5(14)2-9-6(8)3-10-11(16)7(12(17)18)4-15(9)10/h1-3,7H,4H2,(H,17,18)/p-1. The summed E-state index contributed by atoms with van der Waals surface area (Å²) in [6.45, 7) is -0.00407. The van der Waals surface area contributed by atoms with Gasteiger partial charge in [-0.1, -0.05) is 0 Å². The lowest BCUT2D eigenvalue weighted by molar-refractivity contribution is -0.309. The fraction of sp³-hybridized carbons (Fsp3) is 0.167. The van der Waals surface area contributed by atoms with Crippen LogP contribution in [0.2, 0.25) is 0 Å². The molecule has 1 aromatic carbocycles. The lowest BCUT2D eigenvalue weighted by atomic mass is 10.1. The normalized spacial score (nSPS) is 18.3. The Balaban J connectivity index is 2.26. The molecule has 0 N–H and O–H groups in total. The maximum Gasteiger partial charge on any atom is 0.189 e. The Bertz CT molecular complexity index is 707. The molecule has 0 bridgehead atoms. The Labute approximate surface area is 109 Å². The van der Waals surface area contributed by atoms with Crippen LogP contribution in [0.25, 0.3) is 10.9 Å². The number of aromatic nitrogens is 1. The van der Waals surface area contributed by atoms with Crippen LogP contribution in [-0.2, 0) is 11.3 Å². The van der Waals surface area contributed by atoms with E-state index in [0.29, 0.717) is 15.4 Å². The number of rotatable bonds is 1. The number of benzene rings is 1. The molecule has 1 unspecified atom stereocenters. The van der Waals surface area contributed by atoms with Crippen molar-refractivity contribution in [1.29, 1.82) is 0 Å². The van der Waals surface area contributed by atoms with Crippen LogP contribution in [0.5, 0.6) is 0 Å². The van der Waals surface area contributed by atoms with Crippen molar-refractivity contribution in [3.8, 4) is 0 Å². The largest absolute Gasteiger partial charge is 0.549 e. The molecular weight excluding hydrogens is 305 g/mol. The molecule has 18 heavy (non-hydrogen) atoms. The van der Waals surface area contributed by atoms with Crippen LogP contribution >= 0.6 is 15.9 Å². The number of carbonyl (C=O) groups excluding carboxylic acids is 2. The molecule has 0 radical (unpaired) electrons. The molecule has 0 amide bonds. The summed E-state index contributed by atoms with van der Waals surface area (Å²) in [6.07, 6.45) is 0. The van der Waals surface area contributed by atoms with Gasteiger partial charge in [-0.2, -0.15) is 0 Å². The molecule has 0 saturated carbocycles. The number of carboxylic acids is 1. The van der Waals surface area contributed by atoms with E-state index in [0.717, 1.165) is 0 Å². The van der Waals surface area contributed by atoms with E-state index in [4.69, 9.17) is 0 Å². The summed E-state index contributed by atoms with van der Waals surface area (Å²) >= 11 is 3.22. The predicted octanol–water partition coefficient (Wildman–Crippen LogP) is 1.11. The van der Waals surface area contributed by atoms with E-state index in [1.807, 2.05) is 0 Å². The number of halogens is 2. The highest BCUT2D eigenvalue weighted by atomic mass is 79.9. The molecule has 4 nitrogen and oxygen atoms in total. The number of Topliss-reactive ketones (excluding diaryl/α,β-unsaturated/α-hetero) is 1.